The summed E-state index contributed by atoms with van der Waals surface area (Å²) in [5.74, 6) is 0.328. The van der Waals surface area contributed by atoms with Crippen LogP contribution in [0.5, 0.6) is 0 Å². The van der Waals surface area contributed by atoms with Gasteiger partial charge >= 0.3 is 0 Å². The minimum absolute atomic E-state index is 0.328. The Hall–Kier alpha value is -0.590. The molecule has 11 heavy (non-hydrogen) atoms. The summed E-state index contributed by atoms with van der Waals surface area (Å²) in [5, 5.41) is 8.51. The van der Waals surface area contributed by atoms with Gasteiger partial charge in [-0.3, -0.25) is 0 Å². The van der Waals surface area contributed by atoms with E-state index in [9.17, 15) is 0 Å². The third-order valence-corrected chi connectivity index (χ3v) is 1.83. The minimum Gasteiger partial charge on any atom is -0.241 e. The van der Waals surface area contributed by atoms with Crippen LogP contribution in [0, 0.1) is 11.3 Å². The highest BCUT2D eigenvalue weighted by molar-refractivity contribution is 9.10. The Morgan fingerprint density at radius 2 is 2.36 bits per heavy atom. The van der Waals surface area contributed by atoms with Gasteiger partial charge in [0.1, 0.15) is 11.8 Å². The van der Waals surface area contributed by atoms with Crippen LogP contribution in [-0.2, 0) is 5.88 Å². The standard InChI is InChI=1S/C7H4BrClN2/c8-5-1-6(3-9)11-7(2-5)4-10/h1-2H,3H2. The maximum absolute atomic E-state index is 8.51. The second kappa shape index (κ2) is 3.70. The van der Waals surface area contributed by atoms with Crippen molar-refractivity contribution in [3.8, 4) is 6.07 Å². The second-order valence-corrected chi connectivity index (χ2v) is 3.09. The van der Waals surface area contributed by atoms with E-state index >= 15 is 0 Å². The summed E-state index contributed by atoms with van der Waals surface area (Å²) in [4.78, 5) is 3.95. The summed E-state index contributed by atoms with van der Waals surface area (Å²) in [5.41, 5.74) is 1.09. The van der Waals surface area contributed by atoms with Crippen molar-refractivity contribution in [1.82, 2.24) is 4.98 Å². The average Bonchev–Trinajstić information content (AvgIpc) is 2.03. The van der Waals surface area contributed by atoms with E-state index in [1.165, 1.54) is 0 Å². The SMILES string of the molecule is N#Cc1cc(Br)cc(CCl)n1. The van der Waals surface area contributed by atoms with Crippen LogP contribution in [0.25, 0.3) is 0 Å². The molecule has 0 aliphatic heterocycles. The zero-order valence-corrected chi connectivity index (χ0v) is 7.85. The molecule has 0 saturated carbocycles. The van der Waals surface area contributed by atoms with Gasteiger partial charge in [-0.25, -0.2) is 4.98 Å². The molecule has 0 unspecified atom stereocenters. The Labute approximate surface area is 77.9 Å². The number of nitrogens with zero attached hydrogens (tertiary/aromatic N) is 2. The number of nitriles is 1. The number of halogens is 2. The molecule has 0 fully saturated rings. The topological polar surface area (TPSA) is 36.7 Å². The van der Waals surface area contributed by atoms with E-state index < -0.39 is 0 Å². The van der Waals surface area contributed by atoms with Crippen LogP contribution in [-0.4, -0.2) is 4.98 Å². The third-order valence-electron chi connectivity index (χ3n) is 1.09. The highest BCUT2D eigenvalue weighted by Crippen LogP contribution is 2.13. The molecule has 0 N–H and O–H groups in total. The summed E-state index contributed by atoms with van der Waals surface area (Å²) >= 11 is 8.78. The largest absolute Gasteiger partial charge is 0.241 e. The number of alkyl halides is 1. The molecule has 0 aromatic carbocycles. The summed E-state index contributed by atoms with van der Waals surface area (Å²) < 4.78 is 0.833. The maximum Gasteiger partial charge on any atom is 0.141 e. The fourth-order valence-corrected chi connectivity index (χ4v) is 1.29. The molecule has 1 aromatic rings. The van der Waals surface area contributed by atoms with Crippen molar-refractivity contribution in [2.24, 2.45) is 0 Å². The van der Waals surface area contributed by atoms with Gasteiger partial charge in [-0.05, 0) is 12.1 Å². The predicted molar refractivity (Wildman–Crippen MR) is 46.2 cm³/mol. The van der Waals surface area contributed by atoms with E-state index in [0.717, 1.165) is 4.47 Å². The molecule has 0 aliphatic carbocycles. The van der Waals surface area contributed by atoms with Crippen LogP contribution in [0.4, 0.5) is 0 Å². The first kappa shape index (κ1) is 8.51. The maximum atomic E-state index is 8.51. The summed E-state index contributed by atoms with van der Waals surface area (Å²) in [6.07, 6.45) is 0. The van der Waals surface area contributed by atoms with Gasteiger partial charge in [-0.2, -0.15) is 5.26 Å². The van der Waals surface area contributed by atoms with Crippen molar-refractivity contribution in [2.45, 2.75) is 5.88 Å². The van der Waals surface area contributed by atoms with E-state index in [1.807, 2.05) is 6.07 Å². The van der Waals surface area contributed by atoms with Gasteiger partial charge in [-0.1, -0.05) is 15.9 Å². The summed E-state index contributed by atoms with van der Waals surface area (Å²) in [6.45, 7) is 0. The molecule has 0 saturated heterocycles. The lowest BCUT2D eigenvalue weighted by Crippen LogP contribution is -1.88. The number of rotatable bonds is 1. The van der Waals surface area contributed by atoms with E-state index in [0.29, 0.717) is 17.3 Å². The lowest BCUT2D eigenvalue weighted by Gasteiger charge is -1.95. The molecule has 0 aliphatic rings. The van der Waals surface area contributed by atoms with Crippen molar-refractivity contribution in [3.63, 3.8) is 0 Å². The molecule has 1 heterocycles. The number of hydrogen-bond acceptors (Lipinski definition) is 2. The first-order chi connectivity index (χ1) is 5.26. The molecule has 1 rings (SSSR count). The van der Waals surface area contributed by atoms with Crippen LogP contribution in [0.15, 0.2) is 16.6 Å². The molecule has 56 valence electrons. The van der Waals surface area contributed by atoms with Crippen LogP contribution in [0.2, 0.25) is 0 Å². The Morgan fingerprint density at radius 1 is 1.64 bits per heavy atom. The fraction of sp³-hybridized carbons (Fsp3) is 0.143. The first-order valence-corrected chi connectivity index (χ1v) is 4.21. The quantitative estimate of drug-likeness (QED) is 0.696. The molecule has 1 aromatic heterocycles. The molecule has 0 amide bonds. The van der Waals surface area contributed by atoms with Gasteiger partial charge in [-0.15, -0.1) is 11.6 Å². The van der Waals surface area contributed by atoms with Gasteiger partial charge < -0.3 is 0 Å². The van der Waals surface area contributed by atoms with Crippen LogP contribution in [0.1, 0.15) is 11.4 Å². The van der Waals surface area contributed by atoms with Crippen molar-refractivity contribution in [2.75, 3.05) is 0 Å². The van der Waals surface area contributed by atoms with E-state index in [4.69, 9.17) is 16.9 Å². The lowest BCUT2D eigenvalue weighted by atomic mass is 10.3. The van der Waals surface area contributed by atoms with Crippen LogP contribution in [0.3, 0.4) is 0 Å². The normalized spacial score (nSPS) is 9.18. The molecule has 2 nitrogen and oxygen atoms in total. The smallest absolute Gasteiger partial charge is 0.141 e. The second-order valence-electron chi connectivity index (χ2n) is 1.91. The number of aromatic nitrogens is 1. The zero-order valence-electron chi connectivity index (χ0n) is 5.51. The lowest BCUT2D eigenvalue weighted by molar-refractivity contribution is 1.13. The van der Waals surface area contributed by atoms with Crippen molar-refractivity contribution in [3.05, 3.63) is 28.0 Å². The predicted octanol–water partition coefficient (Wildman–Crippen LogP) is 2.45. The minimum atomic E-state index is 0.328. The van der Waals surface area contributed by atoms with Crippen molar-refractivity contribution < 1.29 is 0 Å². The van der Waals surface area contributed by atoms with Crippen molar-refractivity contribution in [1.29, 1.82) is 5.26 Å². The van der Waals surface area contributed by atoms with Gasteiger partial charge in [0, 0.05) is 4.47 Å². The van der Waals surface area contributed by atoms with Gasteiger partial charge in [0.25, 0.3) is 0 Å². The average molecular weight is 231 g/mol. The van der Waals surface area contributed by atoms with E-state index in [2.05, 4.69) is 20.9 Å². The third kappa shape index (κ3) is 2.18. The van der Waals surface area contributed by atoms with Crippen LogP contribution >= 0.6 is 27.5 Å². The Bertz CT molecular complexity index is 306. The van der Waals surface area contributed by atoms with E-state index in [1.54, 1.807) is 12.1 Å². The summed E-state index contributed by atoms with van der Waals surface area (Å²) in [7, 11) is 0. The molecular formula is C7H4BrClN2. The number of hydrogen-bond donors (Lipinski definition) is 0. The Morgan fingerprint density at radius 3 is 2.91 bits per heavy atom. The highest BCUT2D eigenvalue weighted by Gasteiger charge is 1.98. The Kier molecular flexibility index (Phi) is 2.86. The number of pyridine rings is 1. The molecule has 4 heteroatoms. The summed E-state index contributed by atoms with van der Waals surface area (Å²) in [6, 6.07) is 5.38. The van der Waals surface area contributed by atoms with Crippen molar-refractivity contribution >= 4 is 27.5 Å². The molecule has 0 atom stereocenters. The van der Waals surface area contributed by atoms with E-state index in [-0.39, 0.29) is 0 Å². The fourth-order valence-electron chi connectivity index (χ4n) is 0.676. The van der Waals surface area contributed by atoms with Gasteiger partial charge in [0.15, 0.2) is 0 Å². The highest BCUT2D eigenvalue weighted by atomic mass is 79.9. The molecular weight excluding hydrogens is 227 g/mol. The van der Waals surface area contributed by atoms with Gasteiger partial charge in [0.2, 0.25) is 0 Å². The molecule has 0 bridgehead atoms. The Balaban J connectivity index is 3.15. The monoisotopic (exact) mass is 230 g/mol. The van der Waals surface area contributed by atoms with Gasteiger partial charge in [0.05, 0.1) is 11.6 Å². The zero-order chi connectivity index (χ0) is 8.27. The first-order valence-electron chi connectivity index (χ1n) is 2.89. The van der Waals surface area contributed by atoms with Crippen LogP contribution < -0.4 is 0 Å². The molecule has 0 radical (unpaired) electrons. The molecule has 0 spiro atoms.